The fourth-order valence-electron chi connectivity index (χ4n) is 4.43. The highest BCUT2D eigenvalue weighted by Gasteiger charge is 2.26. The molecule has 1 aliphatic carbocycles. The van der Waals surface area contributed by atoms with E-state index in [1.54, 1.807) is 11.3 Å². The number of urea groups is 1. The second-order valence-corrected chi connectivity index (χ2v) is 9.80. The van der Waals surface area contributed by atoms with Gasteiger partial charge in [0.1, 0.15) is 0 Å². The summed E-state index contributed by atoms with van der Waals surface area (Å²) >= 11 is 1.77. The number of carbonyl (C=O) groups excluding carboxylic acids is 1. The van der Waals surface area contributed by atoms with Crippen molar-refractivity contribution in [1.82, 2.24) is 15.1 Å². The Labute approximate surface area is 202 Å². The summed E-state index contributed by atoms with van der Waals surface area (Å²) in [5, 5.41) is 10.8. The van der Waals surface area contributed by atoms with Crippen molar-refractivity contribution < 1.29 is 9.32 Å². The van der Waals surface area contributed by atoms with Crippen LogP contribution in [-0.4, -0.2) is 21.2 Å². The second-order valence-electron chi connectivity index (χ2n) is 8.74. The summed E-state index contributed by atoms with van der Waals surface area (Å²) in [6.07, 6.45) is 7.45. The molecule has 2 aromatic heterocycles. The summed E-state index contributed by atoms with van der Waals surface area (Å²) in [5.74, 6) is 2.59. The molecule has 0 spiro atoms. The molecule has 0 saturated heterocycles. The van der Waals surface area contributed by atoms with Crippen molar-refractivity contribution in [1.29, 1.82) is 0 Å². The number of thiazole rings is 1. The summed E-state index contributed by atoms with van der Waals surface area (Å²) < 4.78 is 5.29. The first-order chi connectivity index (χ1) is 16.6. The number of nitrogens with one attached hydrogen (secondary N) is 2. The quantitative estimate of drug-likeness (QED) is 0.326. The van der Waals surface area contributed by atoms with E-state index in [0.29, 0.717) is 17.7 Å². The van der Waals surface area contributed by atoms with Crippen LogP contribution in [0.5, 0.6) is 0 Å². The Kier molecular flexibility index (Phi) is 6.67. The molecule has 8 heteroatoms. The van der Waals surface area contributed by atoms with E-state index in [4.69, 9.17) is 9.51 Å². The van der Waals surface area contributed by atoms with Crippen molar-refractivity contribution in [3.8, 4) is 10.4 Å². The highest BCUT2D eigenvalue weighted by atomic mass is 32.1. The Morgan fingerprint density at radius 2 is 1.71 bits per heavy atom. The molecule has 174 valence electrons. The van der Waals surface area contributed by atoms with Crippen molar-refractivity contribution in [2.45, 2.75) is 44.9 Å². The number of hydrogen-bond acceptors (Lipinski definition) is 6. The van der Waals surface area contributed by atoms with E-state index < -0.39 is 0 Å². The van der Waals surface area contributed by atoms with E-state index in [-0.39, 0.29) is 6.03 Å². The molecule has 0 unspecified atom stereocenters. The first-order valence-corrected chi connectivity index (χ1v) is 12.4. The lowest BCUT2D eigenvalue weighted by Crippen LogP contribution is -2.19. The largest absolute Gasteiger partial charge is 0.339 e. The molecule has 2 aromatic carbocycles. The monoisotopic (exact) mass is 473 g/mol. The van der Waals surface area contributed by atoms with Gasteiger partial charge in [-0.25, -0.2) is 9.78 Å². The number of carbonyl (C=O) groups is 1. The van der Waals surface area contributed by atoms with Crippen LogP contribution in [0.3, 0.4) is 0 Å². The molecule has 2 amide bonds. The molecular formula is C26H27N5O2S. The van der Waals surface area contributed by atoms with Gasteiger partial charge < -0.3 is 15.2 Å². The number of anilines is 2. The van der Waals surface area contributed by atoms with E-state index in [1.165, 1.54) is 5.01 Å². The maximum Gasteiger partial charge on any atom is 0.323 e. The van der Waals surface area contributed by atoms with Crippen molar-refractivity contribution in [3.63, 3.8) is 0 Å². The summed E-state index contributed by atoms with van der Waals surface area (Å²) in [5.41, 5.74) is 2.61. The summed E-state index contributed by atoms with van der Waals surface area (Å²) in [7, 11) is 0. The Morgan fingerprint density at radius 3 is 2.38 bits per heavy atom. The number of hydrogen-bond donors (Lipinski definition) is 2. The zero-order valence-corrected chi connectivity index (χ0v) is 19.8. The van der Waals surface area contributed by atoms with Crippen LogP contribution >= 0.6 is 11.3 Å². The number of aromatic nitrogens is 3. The number of aryl methyl sites for hydroxylation is 1. The molecule has 2 N–H and O–H groups in total. The van der Waals surface area contributed by atoms with Gasteiger partial charge in [-0.2, -0.15) is 4.98 Å². The van der Waals surface area contributed by atoms with Gasteiger partial charge in [-0.15, -0.1) is 11.3 Å². The van der Waals surface area contributed by atoms with Crippen LogP contribution in [0.4, 0.5) is 16.2 Å². The number of rotatable bonds is 6. The van der Waals surface area contributed by atoms with Crippen molar-refractivity contribution in [2.24, 2.45) is 5.92 Å². The third-order valence-electron chi connectivity index (χ3n) is 6.21. The standard InChI is InChI=1S/C26H27N5O2S/c1-17-28-24(33-31-17)15-18-7-9-20(10-8-18)25-27-16-23(34-25)19-11-13-22(14-12-19)30-26(32)29-21-5-3-2-4-6-21/h2-6,11-14,16,18,20H,7-10,15H2,1H3,(H2,29,30,32). The first-order valence-electron chi connectivity index (χ1n) is 11.6. The average molecular weight is 474 g/mol. The molecule has 1 saturated carbocycles. The molecule has 1 aliphatic rings. The maximum atomic E-state index is 12.2. The van der Waals surface area contributed by atoms with Crippen LogP contribution in [0.15, 0.2) is 65.3 Å². The van der Waals surface area contributed by atoms with E-state index in [0.717, 1.165) is 59.8 Å². The number of nitrogens with zero attached hydrogens (tertiary/aromatic N) is 3. The lowest BCUT2D eigenvalue weighted by Gasteiger charge is -2.26. The molecule has 0 bridgehead atoms. The minimum absolute atomic E-state index is 0.260. The SMILES string of the molecule is Cc1noc(CC2CCC(c3ncc(-c4ccc(NC(=O)Nc5ccccc5)cc4)s3)CC2)n1. The smallest absolute Gasteiger partial charge is 0.323 e. The molecule has 0 radical (unpaired) electrons. The average Bonchev–Trinajstić information content (AvgIpc) is 3.50. The highest BCUT2D eigenvalue weighted by Crippen LogP contribution is 2.40. The highest BCUT2D eigenvalue weighted by molar-refractivity contribution is 7.15. The number of benzene rings is 2. The molecule has 0 aliphatic heterocycles. The van der Waals surface area contributed by atoms with Gasteiger partial charge in [0.15, 0.2) is 5.82 Å². The molecule has 34 heavy (non-hydrogen) atoms. The molecule has 2 heterocycles. The van der Waals surface area contributed by atoms with Crippen LogP contribution in [0.25, 0.3) is 10.4 Å². The summed E-state index contributed by atoms with van der Waals surface area (Å²) in [6, 6.07) is 17.0. The normalized spacial score (nSPS) is 17.9. The van der Waals surface area contributed by atoms with Gasteiger partial charge in [0.05, 0.1) is 9.88 Å². The lowest BCUT2D eigenvalue weighted by atomic mass is 9.81. The fraction of sp³-hybridized carbons (Fsp3) is 0.308. The maximum absolute atomic E-state index is 12.2. The number of para-hydroxylation sites is 1. The van der Waals surface area contributed by atoms with Gasteiger partial charge in [0, 0.05) is 29.9 Å². The lowest BCUT2D eigenvalue weighted by molar-refractivity contribution is 0.262. The van der Waals surface area contributed by atoms with Gasteiger partial charge in [0.25, 0.3) is 0 Å². The fourth-order valence-corrected chi connectivity index (χ4v) is 5.52. The van der Waals surface area contributed by atoms with Crippen molar-refractivity contribution >= 4 is 28.7 Å². The van der Waals surface area contributed by atoms with Crippen LogP contribution in [0, 0.1) is 12.8 Å². The van der Waals surface area contributed by atoms with Crippen LogP contribution in [0.1, 0.15) is 48.3 Å². The summed E-state index contributed by atoms with van der Waals surface area (Å²) in [4.78, 5) is 22.4. The predicted molar refractivity (Wildman–Crippen MR) is 134 cm³/mol. The zero-order chi connectivity index (χ0) is 23.3. The number of amides is 2. The topological polar surface area (TPSA) is 92.9 Å². The Morgan fingerprint density at radius 1 is 1.00 bits per heavy atom. The molecule has 0 atom stereocenters. The van der Waals surface area contributed by atoms with E-state index in [2.05, 4.69) is 20.8 Å². The van der Waals surface area contributed by atoms with Gasteiger partial charge in [-0.05, 0) is 68.4 Å². The molecule has 1 fully saturated rings. The van der Waals surface area contributed by atoms with Crippen LogP contribution in [-0.2, 0) is 6.42 Å². The third-order valence-corrected chi connectivity index (χ3v) is 7.42. The van der Waals surface area contributed by atoms with Crippen molar-refractivity contribution in [2.75, 3.05) is 10.6 Å². The third kappa shape index (κ3) is 5.51. The summed E-state index contributed by atoms with van der Waals surface area (Å²) in [6.45, 7) is 1.86. The van der Waals surface area contributed by atoms with E-state index >= 15 is 0 Å². The van der Waals surface area contributed by atoms with Gasteiger partial charge in [-0.1, -0.05) is 35.5 Å². The molecule has 7 nitrogen and oxygen atoms in total. The van der Waals surface area contributed by atoms with E-state index in [1.807, 2.05) is 67.7 Å². The zero-order valence-electron chi connectivity index (χ0n) is 19.0. The van der Waals surface area contributed by atoms with Gasteiger partial charge in [-0.3, -0.25) is 0 Å². The van der Waals surface area contributed by atoms with Crippen LogP contribution in [0.2, 0.25) is 0 Å². The minimum atomic E-state index is -0.260. The Bertz CT molecular complexity index is 1230. The Balaban J connectivity index is 1.14. The molecule has 5 rings (SSSR count). The molecule has 4 aromatic rings. The predicted octanol–water partition coefficient (Wildman–Crippen LogP) is 6.66. The van der Waals surface area contributed by atoms with Gasteiger partial charge >= 0.3 is 6.03 Å². The van der Waals surface area contributed by atoms with Crippen LogP contribution < -0.4 is 10.6 Å². The first kappa shape index (κ1) is 22.3. The minimum Gasteiger partial charge on any atom is -0.339 e. The molecular weight excluding hydrogens is 446 g/mol. The van der Waals surface area contributed by atoms with E-state index in [9.17, 15) is 4.79 Å². The van der Waals surface area contributed by atoms with Crippen molar-refractivity contribution in [3.05, 3.63) is 77.5 Å². The van der Waals surface area contributed by atoms with Gasteiger partial charge in [0.2, 0.25) is 5.89 Å². The Hall–Kier alpha value is -3.52. The second kappa shape index (κ2) is 10.2.